The lowest BCUT2D eigenvalue weighted by Gasteiger charge is -2.17. The average molecular weight is 270 g/mol. The predicted octanol–water partition coefficient (Wildman–Crippen LogP) is 2.56. The van der Waals surface area contributed by atoms with E-state index in [-0.39, 0.29) is 23.1 Å². The van der Waals surface area contributed by atoms with Gasteiger partial charge in [-0.1, -0.05) is 36.8 Å². The highest BCUT2D eigenvalue weighted by Gasteiger charge is 2.15. The zero-order valence-electron chi connectivity index (χ0n) is 11.6. The summed E-state index contributed by atoms with van der Waals surface area (Å²) in [5, 5.41) is 2.90. The van der Waals surface area contributed by atoms with Crippen LogP contribution in [-0.4, -0.2) is 10.9 Å². The van der Waals surface area contributed by atoms with Gasteiger partial charge in [-0.3, -0.25) is 9.59 Å². The Morgan fingerprint density at radius 1 is 1.25 bits per heavy atom. The van der Waals surface area contributed by atoms with Crippen LogP contribution >= 0.6 is 0 Å². The molecule has 4 heteroatoms. The summed E-state index contributed by atoms with van der Waals surface area (Å²) < 4.78 is 0. The Morgan fingerprint density at radius 2 is 1.95 bits per heavy atom. The Morgan fingerprint density at radius 3 is 2.55 bits per heavy atom. The second kappa shape index (κ2) is 6.19. The first-order valence-electron chi connectivity index (χ1n) is 6.67. The van der Waals surface area contributed by atoms with Crippen molar-refractivity contribution in [1.82, 2.24) is 10.3 Å². The van der Waals surface area contributed by atoms with Crippen LogP contribution in [0.4, 0.5) is 0 Å². The molecule has 2 aromatic rings. The maximum Gasteiger partial charge on any atom is 0.260 e. The van der Waals surface area contributed by atoms with Gasteiger partial charge in [-0.05, 0) is 31.0 Å². The zero-order valence-corrected chi connectivity index (χ0v) is 11.6. The number of rotatable bonds is 4. The lowest BCUT2D eigenvalue weighted by atomic mass is 10.0. The van der Waals surface area contributed by atoms with Crippen LogP contribution in [0.2, 0.25) is 0 Å². The number of aromatic amines is 1. The van der Waals surface area contributed by atoms with Gasteiger partial charge in [0.1, 0.15) is 5.56 Å². The fourth-order valence-electron chi connectivity index (χ4n) is 2.06. The van der Waals surface area contributed by atoms with Crippen molar-refractivity contribution in [3.63, 3.8) is 0 Å². The Labute approximate surface area is 117 Å². The summed E-state index contributed by atoms with van der Waals surface area (Å²) >= 11 is 0. The lowest BCUT2D eigenvalue weighted by molar-refractivity contribution is 0.0934. The van der Waals surface area contributed by atoms with Gasteiger partial charge in [-0.15, -0.1) is 0 Å². The standard InChI is InChI=1S/C16H18N2O2/c1-3-14(12-8-6-11(2)7-9-12)18-16(20)13-5-4-10-17-15(13)19/h4-10,14H,3H2,1-2H3,(H,17,19)(H,18,20)/t14-/m0/s1. The molecule has 0 unspecified atom stereocenters. The maximum atomic E-state index is 12.1. The molecule has 0 spiro atoms. The largest absolute Gasteiger partial charge is 0.345 e. The molecular formula is C16H18N2O2. The number of nitrogens with one attached hydrogen (secondary N) is 2. The Bertz CT molecular complexity index is 644. The normalized spacial score (nSPS) is 11.9. The minimum atomic E-state index is -0.372. The van der Waals surface area contributed by atoms with E-state index in [1.165, 1.54) is 17.8 Å². The van der Waals surface area contributed by atoms with Gasteiger partial charge >= 0.3 is 0 Å². The molecule has 1 heterocycles. The summed E-state index contributed by atoms with van der Waals surface area (Å²) in [5.41, 5.74) is 1.98. The Kier molecular flexibility index (Phi) is 4.35. The quantitative estimate of drug-likeness (QED) is 0.897. The molecule has 4 nitrogen and oxygen atoms in total. The van der Waals surface area contributed by atoms with Crippen LogP contribution in [0.5, 0.6) is 0 Å². The number of aryl methyl sites for hydroxylation is 1. The third-order valence-electron chi connectivity index (χ3n) is 3.26. The van der Waals surface area contributed by atoms with Gasteiger partial charge in [0, 0.05) is 6.20 Å². The number of hydrogen-bond donors (Lipinski definition) is 2. The molecular weight excluding hydrogens is 252 g/mol. The first-order valence-corrected chi connectivity index (χ1v) is 6.67. The minimum absolute atomic E-state index is 0.0947. The second-order valence-corrected chi connectivity index (χ2v) is 4.76. The molecule has 0 saturated heterocycles. The second-order valence-electron chi connectivity index (χ2n) is 4.76. The number of pyridine rings is 1. The van der Waals surface area contributed by atoms with Crippen LogP contribution in [0.1, 0.15) is 40.9 Å². The van der Waals surface area contributed by atoms with Crippen molar-refractivity contribution in [3.8, 4) is 0 Å². The minimum Gasteiger partial charge on any atom is -0.345 e. The van der Waals surface area contributed by atoms with Crippen LogP contribution < -0.4 is 10.9 Å². The van der Waals surface area contributed by atoms with Crippen molar-refractivity contribution < 1.29 is 4.79 Å². The van der Waals surface area contributed by atoms with Crippen molar-refractivity contribution in [2.24, 2.45) is 0 Å². The van der Waals surface area contributed by atoms with E-state index in [1.54, 1.807) is 6.07 Å². The number of H-pyrrole nitrogens is 1. The van der Waals surface area contributed by atoms with Gasteiger partial charge in [0.25, 0.3) is 11.5 Å². The molecule has 104 valence electrons. The maximum absolute atomic E-state index is 12.1. The summed E-state index contributed by atoms with van der Waals surface area (Å²) in [5.74, 6) is -0.348. The molecule has 0 radical (unpaired) electrons. The van der Waals surface area contributed by atoms with Gasteiger partial charge < -0.3 is 10.3 Å². The van der Waals surface area contributed by atoms with E-state index in [9.17, 15) is 9.59 Å². The summed E-state index contributed by atoms with van der Waals surface area (Å²) in [6.07, 6.45) is 2.27. The highest BCUT2D eigenvalue weighted by atomic mass is 16.2. The van der Waals surface area contributed by atoms with Crippen LogP contribution in [-0.2, 0) is 0 Å². The summed E-state index contributed by atoms with van der Waals surface area (Å²) in [7, 11) is 0. The molecule has 20 heavy (non-hydrogen) atoms. The fourth-order valence-corrected chi connectivity index (χ4v) is 2.06. The smallest absolute Gasteiger partial charge is 0.260 e. The van der Waals surface area contributed by atoms with Gasteiger partial charge in [-0.2, -0.15) is 0 Å². The van der Waals surface area contributed by atoms with Gasteiger partial charge in [0.2, 0.25) is 0 Å². The molecule has 0 saturated carbocycles. The molecule has 0 fully saturated rings. The van der Waals surface area contributed by atoms with Crippen molar-refractivity contribution in [2.75, 3.05) is 0 Å². The van der Waals surface area contributed by atoms with Crippen molar-refractivity contribution in [2.45, 2.75) is 26.3 Å². The molecule has 2 N–H and O–H groups in total. The number of carbonyl (C=O) groups excluding carboxylic acids is 1. The average Bonchev–Trinajstić information content (AvgIpc) is 2.46. The summed E-state index contributed by atoms with van der Waals surface area (Å²) in [6.45, 7) is 4.02. The van der Waals surface area contributed by atoms with Crippen LogP contribution in [0.3, 0.4) is 0 Å². The molecule has 0 aliphatic heterocycles. The van der Waals surface area contributed by atoms with E-state index in [0.717, 1.165) is 12.0 Å². The highest BCUT2D eigenvalue weighted by Crippen LogP contribution is 2.17. The molecule has 1 aromatic carbocycles. The first kappa shape index (κ1) is 14.1. The Balaban J connectivity index is 2.18. The van der Waals surface area contributed by atoms with E-state index < -0.39 is 0 Å². The van der Waals surface area contributed by atoms with Crippen LogP contribution in [0, 0.1) is 6.92 Å². The monoisotopic (exact) mass is 270 g/mol. The van der Waals surface area contributed by atoms with Gasteiger partial charge in [0.05, 0.1) is 6.04 Å². The third-order valence-corrected chi connectivity index (χ3v) is 3.26. The van der Waals surface area contributed by atoms with Crippen molar-refractivity contribution in [1.29, 1.82) is 0 Å². The molecule has 2 rings (SSSR count). The summed E-state index contributed by atoms with van der Waals surface area (Å²) in [4.78, 5) is 26.2. The highest BCUT2D eigenvalue weighted by molar-refractivity contribution is 5.94. The number of benzene rings is 1. The zero-order chi connectivity index (χ0) is 14.5. The van der Waals surface area contributed by atoms with Crippen LogP contribution in [0.15, 0.2) is 47.4 Å². The van der Waals surface area contributed by atoms with Gasteiger partial charge in [0.15, 0.2) is 0 Å². The molecule has 0 bridgehead atoms. The van der Waals surface area contributed by atoms with Crippen LogP contribution in [0.25, 0.3) is 0 Å². The van der Waals surface area contributed by atoms with E-state index in [1.807, 2.05) is 38.1 Å². The molecule has 0 aliphatic rings. The molecule has 1 aromatic heterocycles. The fraction of sp³-hybridized carbons (Fsp3) is 0.250. The Hall–Kier alpha value is -2.36. The molecule has 0 aliphatic carbocycles. The number of amides is 1. The number of hydrogen-bond acceptors (Lipinski definition) is 2. The van der Waals surface area contributed by atoms with Crippen molar-refractivity contribution in [3.05, 3.63) is 69.6 Å². The lowest BCUT2D eigenvalue weighted by Crippen LogP contribution is -2.32. The third kappa shape index (κ3) is 3.15. The number of aromatic nitrogens is 1. The van der Waals surface area contributed by atoms with E-state index >= 15 is 0 Å². The summed E-state index contributed by atoms with van der Waals surface area (Å²) in [6, 6.07) is 11.1. The predicted molar refractivity (Wildman–Crippen MR) is 78.7 cm³/mol. The number of carbonyl (C=O) groups is 1. The SMILES string of the molecule is CC[C@H](NC(=O)c1ccc[nH]c1=O)c1ccc(C)cc1. The van der Waals surface area contributed by atoms with E-state index in [0.29, 0.717) is 0 Å². The van der Waals surface area contributed by atoms with Gasteiger partial charge in [-0.25, -0.2) is 0 Å². The molecule has 1 amide bonds. The van der Waals surface area contributed by atoms with E-state index in [2.05, 4.69) is 10.3 Å². The molecule has 1 atom stereocenters. The van der Waals surface area contributed by atoms with E-state index in [4.69, 9.17) is 0 Å². The first-order chi connectivity index (χ1) is 9.61. The topological polar surface area (TPSA) is 62.0 Å². The van der Waals surface area contributed by atoms with Crippen molar-refractivity contribution >= 4 is 5.91 Å².